The molecular formula is C20H17BrO. The van der Waals surface area contributed by atoms with Gasteiger partial charge < -0.3 is 4.74 Å². The number of hydrogen-bond donors (Lipinski definition) is 0. The SMILES string of the molecule is Brc1ccc(OCC(C=C2C=CC=C2)c2ccccc2)cc1. The third-order valence-electron chi connectivity index (χ3n) is 3.55. The molecule has 0 spiro atoms. The van der Waals surface area contributed by atoms with E-state index in [9.17, 15) is 0 Å². The molecule has 0 fully saturated rings. The highest BCUT2D eigenvalue weighted by Crippen LogP contribution is 2.24. The highest BCUT2D eigenvalue weighted by atomic mass is 79.9. The predicted octanol–water partition coefficient (Wildman–Crippen LogP) is 5.66. The van der Waals surface area contributed by atoms with E-state index in [2.05, 4.69) is 70.6 Å². The van der Waals surface area contributed by atoms with Crippen molar-refractivity contribution in [3.8, 4) is 5.75 Å². The molecule has 2 heteroatoms. The minimum atomic E-state index is 0.229. The Bertz CT molecular complexity index is 682. The average molecular weight is 353 g/mol. The standard InChI is InChI=1S/C20H17BrO/c21-19-10-12-20(13-11-19)22-15-18(14-16-6-4-5-7-16)17-8-2-1-3-9-17/h1-14,18H,15H2. The van der Waals surface area contributed by atoms with Gasteiger partial charge in [-0.05, 0) is 35.4 Å². The van der Waals surface area contributed by atoms with Gasteiger partial charge in [0.15, 0.2) is 0 Å². The Hall–Kier alpha value is -2.06. The van der Waals surface area contributed by atoms with Gasteiger partial charge in [-0.25, -0.2) is 0 Å². The molecule has 0 saturated heterocycles. The lowest BCUT2D eigenvalue weighted by molar-refractivity contribution is 0.306. The molecule has 1 atom stereocenters. The van der Waals surface area contributed by atoms with Crippen molar-refractivity contribution in [3.63, 3.8) is 0 Å². The first-order chi connectivity index (χ1) is 10.8. The van der Waals surface area contributed by atoms with Crippen molar-refractivity contribution in [3.05, 3.63) is 101 Å². The van der Waals surface area contributed by atoms with E-state index in [1.165, 1.54) is 11.1 Å². The zero-order valence-electron chi connectivity index (χ0n) is 12.2. The van der Waals surface area contributed by atoms with Crippen LogP contribution in [-0.4, -0.2) is 6.61 Å². The van der Waals surface area contributed by atoms with E-state index in [1.54, 1.807) is 0 Å². The highest BCUT2D eigenvalue weighted by molar-refractivity contribution is 9.10. The minimum absolute atomic E-state index is 0.229. The molecular weight excluding hydrogens is 336 g/mol. The lowest BCUT2D eigenvalue weighted by Gasteiger charge is -2.15. The summed E-state index contributed by atoms with van der Waals surface area (Å²) in [6.45, 7) is 0.622. The molecule has 0 N–H and O–H groups in total. The lowest BCUT2D eigenvalue weighted by atomic mass is 9.97. The fraction of sp³-hybridized carbons (Fsp3) is 0.100. The summed E-state index contributed by atoms with van der Waals surface area (Å²) in [6.07, 6.45) is 10.6. The molecule has 1 unspecified atom stereocenters. The maximum atomic E-state index is 5.97. The van der Waals surface area contributed by atoms with E-state index in [1.807, 2.05) is 30.3 Å². The van der Waals surface area contributed by atoms with Crippen LogP contribution >= 0.6 is 15.9 Å². The summed E-state index contributed by atoms with van der Waals surface area (Å²) in [5, 5.41) is 0. The summed E-state index contributed by atoms with van der Waals surface area (Å²) >= 11 is 3.44. The van der Waals surface area contributed by atoms with E-state index in [-0.39, 0.29) is 5.92 Å². The Morgan fingerprint density at radius 3 is 2.27 bits per heavy atom. The Kier molecular flexibility index (Phi) is 4.92. The summed E-state index contributed by atoms with van der Waals surface area (Å²) in [4.78, 5) is 0. The Balaban J connectivity index is 1.76. The Labute approximate surface area is 139 Å². The first-order valence-corrected chi connectivity index (χ1v) is 8.10. The molecule has 1 aliphatic carbocycles. The van der Waals surface area contributed by atoms with Crippen molar-refractivity contribution in [2.45, 2.75) is 5.92 Å². The summed E-state index contributed by atoms with van der Waals surface area (Å²) in [7, 11) is 0. The van der Waals surface area contributed by atoms with Crippen LogP contribution in [0.4, 0.5) is 0 Å². The number of hydrogen-bond acceptors (Lipinski definition) is 1. The van der Waals surface area contributed by atoms with Crippen molar-refractivity contribution >= 4 is 15.9 Å². The van der Waals surface area contributed by atoms with Crippen molar-refractivity contribution < 1.29 is 4.74 Å². The van der Waals surface area contributed by atoms with Gasteiger partial charge in [0.25, 0.3) is 0 Å². The maximum absolute atomic E-state index is 5.97. The molecule has 0 amide bonds. The molecule has 110 valence electrons. The van der Waals surface area contributed by atoms with E-state index in [4.69, 9.17) is 4.74 Å². The molecule has 2 aromatic rings. The molecule has 0 aromatic heterocycles. The number of benzene rings is 2. The average Bonchev–Trinajstić information content (AvgIpc) is 3.07. The van der Waals surface area contributed by atoms with Crippen molar-refractivity contribution in [1.29, 1.82) is 0 Å². The van der Waals surface area contributed by atoms with Gasteiger partial charge >= 0.3 is 0 Å². The molecule has 22 heavy (non-hydrogen) atoms. The van der Waals surface area contributed by atoms with Gasteiger partial charge in [0.2, 0.25) is 0 Å². The van der Waals surface area contributed by atoms with E-state index < -0.39 is 0 Å². The zero-order valence-corrected chi connectivity index (χ0v) is 13.7. The molecule has 0 radical (unpaired) electrons. The monoisotopic (exact) mass is 352 g/mol. The molecule has 1 nitrogen and oxygen atoms in total. The van der Waals surface area contributed by atoms with Crippen LogP contribution in [0.3, 0.4) is 0 Å². The van der Waals surface area contributed by atoms with Gasteiger partial charge in [-0.1, -0.05) is 76.6 Å². The van der Waals surface area contributed by atoms with E-state index >= 15 is 0 Å². The predicted molar refractivity (Wildman–Crippen MR) is 95.2 cm³/mol. The van der Waals surface area contributed by atoms with Crippen LogP contribution < -0.4 is 4.74 Å². The summed E-state index contributed by atoms with van der Waals surface area (Å²) in [5.41, 5.74) is 2.49. The van der Waals surface area contributed by atoms with Crippen LogP contribution in [0.15, 0.2) is 95.0 Å². The van der Waals surface area contributed by atoms with Crippen LogP contribution in [0.25, 0.3) is 0 Å². The summed E-state index contributed by atoms with van der Waals surface area (Å²) in [5.74, 6) is 1.12. The van der Waals surface area contributed by atoms with Crippen LogP contribution in [0.1, 0.15) is 11.5 Å². The van der Waals surface area contributed by atoms with Crippen LogP contribution in [0.5, 0.6) is 5.75 Å². The quantitative estimate of drug-likeness (QED) is 0.674. The van der Waals surface area contributed by atoms with Gasteiger partial charge in [0.1, 0.15) is 5.75 Å². The summed E-state index contributed by atoms with van der Waals surface area (Å²) in [6, 6.07) is 18.4. The number of halogens is 1. The molecule has 0 aliphatic heterocycles. The smallest absolute Gasteiger partial charge is 0.119 e. The number of ether oxygens (including phenoxy) is 1. The van der Waals surface area contributed by atoms with Crippen LogP contribution in [-0.2, 0) is 0 Å². The van der Waals surface area contributed by atoms with Gasteiger partial charge in [-0.2, -0.15) is 0 Å². The largest absolute Gasteiger partial charge is 0.493 e. The van der Waals surface area contributed by atoms with Gasteiger partial charge in [0, 0.05) is 10.4 Å². The van der Waals surface area contributed by atoms with Crippen LogP contribution in [0, 0.1) is 0 Å². The first-order valence-electron chi connectivity index (χ1n) is 7.31. The fourth-order valence-electron chi connectivity index (χ4n) is 2.39. The van der Waals surface area contributed by atoms with E-state index in [0.29, 0.717) is 6.61 Å². The summed E-state index contributed by atoms with van der Waals surface area (Å²) < 4.78 is 7.03. The minimum Gasteiger partial charge on any atom is -0.493 e. The Morgan fingerprint density at radius 2 is 1.59 bits per heavy atom. The molecule has 1 aliphatic rings. The molecule has 0 bridgehead atoms. The highest BCUT2D eigenvalue weighted by Gasteiger charge is 2.10. The van der Waals surface area contributed by atoms with Gasteiger partial charge in [-0.3, -0.25) is 0 Å². The van der Waals surface area contributed by atoms with Gasteiger partial charge in [0.05, 0.1) is 6.61 Å². The number of allylic oxidation sites excluding steroid dienone is 5. The fourth-order valence-corrected chi connectivity index (χ4v) is 2.65. The third kappa shape index (κ3) is 3.99. The first kappa shape index (κ1) is 14.9. The van der Waals surface area contributed by atoms with Gasteiger partial charge in [-0.15, -0.1) is 0 Å². The molecule has 0 saturated carbocycles. The molecule has 2 aromatic carbocycles. The topological polar surface area (TPSA) is 9.23 Å². The van der Waals surface area contributed by atoms with Crippen LogP contribution in [0.2, 0.25) is 0 Å². The zero-order chi connectivity index (χ0) is 15.2. The maximum Gasteiger partial charge on any atom is 0.119 e. The van der Waals surface area contributed by atoms with Crippen molar-refractivity contribution in [2.75, 3.05) is 6.61 Å². The van der Waals surface area contributed by atoms with E-state index in [0.717, 1.165) is 10.2 Å². The van der Waals surface area contributed by atoms with Crippen molar-refractivity contribution in [1.82, 2.24) is 0 Å². The normalized spacial score (nSPS) is 14.1. The second-order valence-corrected chi connectivity index (χ2v) is 6.08. The second-order valence-electron chi connectivity index (χ2n) is 5.17. The van der Waals surface area contributed by atoms with Crippen molar-refractivity contribution in [2.24, 2.45) is 0 Å². The third-order valence-corrected chi connectivity index (χ3v) is 4.08. The number of rotatable bonds is 5. The molecule has 0 heterocycles. The Morgan fingerprint density at radius 1 is 0.909 bits per heavy atom. The lowest BCUT2D eigenvalue weighted by Crippen LogP contribution is -2.08. The second kappa shape index (κ2) is 7.28. The molecule has 3 rings (SSSR count).